The van der Waals surface area contributed by atoms with E-state index in [0.717, 1.165) is 0 Å². The van der Waals surface area contributed by atoms with E-state index in [4.69, 9.17) is 4.74 Å². The van der Waals surface area contributed by atoms with Gasteiger partial charge < -0.3 is 19.3 Å². The van der Waals surface area contributed by atoms with Gasteiger partial charge in [0.2, 0.25) is 5.91 Å². The summed E-state index contributed by atoms with van der Waals surface area (Å²) in [6.45, 7) is 5.57. The maximum Gasteiger partial charge on any atom is 0.513 e. The molecule has 2 amide bonds. The number of ether oxygens (including phenoxy) is 2. The molecule has 1 fully saturated rings. The third-order valence-corrected chi connectivity index (χ3v) is 3.58. The standard InChI is InChI=1S/C16H20N2O5/c1-3-22-16(21)23-14-6-4-13(5-7-14)15(20)18-10-8-17(9-11-18)12(2)19/h4-7H,3,8-11H2,1-2H3. The maximum absolute atomic E-state index is 12.4. The normalized spacial score (nSPS) is 14.3. The van der Waals surface area contributed by atoms with Gasteiger partial charge in [0.05, 0.1) is 6.61 Å². The zero-order valence-corrected chi connectivity index (χ0v) is 13.3. The van der Waals surface area contributed by atoms with E-state index in [1.807, 2.05) is 0 Å². The minimum atomic E-state index is -0.771. The van der Waals surface area contributed by atoms with Gasteiger partial charge in [0, 0.05) is 38.7 Å². The van der Waals surface area contributed by atoms with Crippen LogP contribution in [-0.2, 0) is 9.53 Å². The molecule has 1 saturated heterocycles. The highest BCUT2D eigenvalue weighted by molar-refractivity contribution is 5.94. The molecule has 1 heterocycles. The van der Waals surface area contributed by atoms with Crippen LogP contribution >= 0.6 is 0 Å². The quantitative estimate of drug-likeness (QED) is 0.623. The largest absolute Gasteiger partial charge is 0.513 e. The van der Waals surface area contributed by atoms with Gasteiger partial charge in [-0.05, 0) is 31.2 Å². The fraction of sp³-hybridized carbons (Fsp3) is 0.438. The van der Waals surface area contributed by atoms with Crippen molar-refractivity contribution in [2.75, 3.05) is 32.8 Å². The molecule has 0 unspecified atom stereocenters. The minimum absolute atomic E-state index is 0.0255. The number of carbonyl (C=O) groups is 3. The van der Waals surface area contributed by atoms with Crippen molar-refractivity contribution in [3.8, 4) is 5.75 Å². The lowest BCUT2D eigenvalue weighted by Crippen LogP contribution is -2.50. The first kappa shape index (κ1) is 16.8. The summed E-state index contributed by atoms with van der Waals surface area (Å²) in [6, 6.07) is 6.31. The zero-order valence-electron chi connectivity index (χ0n) is 13.3. The van der Waals surface area contributed by atoms with Crippen molar-refractivity contribution in [3.63, 3.8) is 0 Å². The smallest absolute Gasteiger partial charge is 0.434 e. The van der Waals surface area contributed by atoms with Gasteiger partial charge in [0.25, 0.3) is 5.91 Å². The van der Waals surface area contributed by atoms with Crippen LogP contribution in [0.1, 0.15) is 24.2 Å². The molecular weight excluding hydrogens is 300 g/mol. The van der Waals surface area contributed by atoms with E-state index in [2.05, 4.69) is 4.74 Å². The number of piperazine rings is 1. The number of hydrogen-bond acceptors (Lipinski definition) is 5. The number of benzene rings is 1. The Kier molecular flexibility index (Phi) is 5.56. The molecule has 124 valence electrons. The number of carbonyl (C=O) groups excluding carboxylic acids is 3. The van der Waals surface area contributed by atoms with Crippen molar-refractivity contribution in [3.05, 3.63) is 29.8 Å². The highest BCUT2D eigenvalue weighted by atomic mass is 16.7. The molecule has 2 rings (SSSR count). The Bertz CT molecular complexity index is 577. The minimum Gasteiger partial charge on any atom is -0.434 e. The number of nitrogens with zero attached hydrogens (tertiary/aromatic N) is 2. The van der Waals surface area contributed by atoms with Gasteiger partial charge in [-0.2, -0.15) is 0 Å². The summed E-state index contributed by atoms with van der Waals surface area (Å²) >= 11 is 0. The summed E-state index contributed by atoms with van der Waals surface area (Å²) in [5.74, 6) is 0.245. The lowest BCUT2D eigenvalue weighted by molar-refractivity contribution is -0.130. The summed E-state index contributed by atoms with van der Waals surface area (Å²) in [6.07, 6.45) is -0.771. The molecule has 1 aliphatic rings. The van der Waals surface area contributed by atoms with Crippen LogP contribution in [0, 0.1) is 0 Å². The number of hydrogen-bond donors (Lipinski definition) is 0. The first-order valence-corrected chi connectivity index (χ1v) is 7.50. The van der Waals surface area contributed by atoms with Gasteiger partial charge in [-0.3, -0.25) is 9.59 Å². The van der Waals surface area contributed by atoms with Gasteiger partial charge in [-0.25, -0.2) is 4.79 Å². The molecule has 1 aromatic rings. The topological polar surface area (TPSA) is 76.2 Å². The SMILES string of the molecule is CCOC(=O)Oc1ccc(C(=O)N2CCN(C(C)=O)CC2)cc1. The highest BCUT2D eigenvalue weighted by Gasteiger charge is 2.23. The Labute approximate surface area is 134 Å². The van der Waals surface area contributed by atoms with Crippen LogP contribution in [0.3, 0.4) is 0 Å². The Morgan fingerprint density at radius 2 is 1.57 bits per heavy atom. The van der Waals surface area contributed by atoms with Crippen LogP contribution in [0.5, 0.6) is 5.75 Å². The molecule has 0 aliphatic carbocycles. The predicted molar refractivity (Wildman–Crippen MR) is 82.2 cm³/mol. The Balaban J connectivity index is 1.93. The third-order valence-electron chi connectivity index (χ3n) is 3.58. The molecular formula is C16H20N2O5. The maximum atomic E-state index is 12.4. The molecule has 23 heavy (non-hydrogen) atoms. The van der Waals surface area contributed by atoms with E-state index < -0.39 is 6.16 Å². The van der Waals surface area contributed by atoms with Crippen LogP contribution in [0.15, 0.2) is 24.3 Å². The van der Waals surface area contributed by atoms with E-state index in [-0.39, 0.29) is 18.4 Å². The van der Waals surface area contributed by atoms with Crippen molar-refractivity contribution in [1.82, 2.24) is 9.80 Å². The Morgan fingerprint density at radius 1 is 1.00 bits per heavy atom. The molecule has 0 bridgehead atoms. The zero-order chi connectivity index (χ0) is 16.8. The predicted octanol–water partition coefficient (Wildman–Crippen LogP) is 1.53. The average Bonchev–Trinajstić information content (AvgIpc) is 2.55. The summed E-state index contributed by atoms with van der Waals surface area (Å²) < 4.78 is 9.62. The van der Waals surface area contributed by atoms with Crippen LogP contribution < -0.4 is 4.74 Å². The Morgan fingerprint density at radius 3 is 2.09 bits per heavy atom. The van der Waals surface area contributed by atoms with Crippen LogP contribution in [0.4, 0.5) is 4.79 Å². The second-order valence-corrected chi connectivity index (χ2v) is 5.11. The van der Waals surface area contributed by atoms with Crippen LogP contribution in [0.2, 0.25) is 0 Å². The summed E-state index contributed by atoms with van der Waals surface area (Å²) in [5.41, 5.74) is 0.512. The second kappa shape index (κ2) is 7.62. The van der Waals surface area contributed by atoms with Crippen molar-refractivity contribution >= 4 is 18.0 Å². The molecule has 0 atom stereocenters. The van der Waals surface area contributed by atoms with Gasteiger partial charge in [-0.1, -0.05) is 0 Å². The molecule has 7 nitrogen and oxygen atoms in total. The van der Waals surface area contributed by atoms with E-state index in [1.54, 1.807) is 41.0 Å². The van der Waals surface area contributed by atoms with Crippen LogP contribution in [-0.4, -0.2) is 60.6 Å². The molecule has 0 spiro atoms. The molecule has 0 aromatic heterocycles. The molecule has 0 N–H and O–H groups in total. The lowest BCUT2D eigenvalue weighted by atomic mass is 10.1. The van der Waals surface area contributed by atoms with Crippen molar-refractivity contribution in [1.29, 1.82) is 0 Å². The molecule has 1 aromatic carbocycles. The molecule has 0 saturated carbocycles. The molecule has 7 heteroatoms. The van der Waals surface area contributed by atoms with Gasteiger partial charge in [0.15, 0.2) is 0 Å². The summed E-state index contributed by atoms with van der Waals surface area (Å²) in [7, 11) is 0. The van der Waals surface area contributed by atoms with Crippen molar-refractivity contribution in [2.45, 2.75) is 13.8 Å². The fourth-order valence-electron chi connectivity index (χ4n) is 2.32. The van der Waals surface area contributed by atoms with Crippen LogP contribution in [0.25, 0.3) is 0 Å². The first-order valence-electron chi connectivity index (χ1n) is 7.50. The third kappa shape index (κ3) is 4.45. The highest BCUT2D eigenvalue weighted by Crippen LogP contribution is 2.15. The summed E-state index contributed by atoms with van der Waals surface area (Å²) in [4.78, 5) is 38.3. The lowest BCUT2D eigenvalue weighted by Gasteiger charge is -2.34. The van der Waals surface area contributed by atoms with Gasteiger partial charge in [0.1, 0.15) is 5.75 Å². The van der Waals surface area contributed by atoms with Gasteiger partial charge >= 0.3 is 6.16 Å². The second-order valence-electron chi connectivity index (χ2n) is 5.11. The Hall–Kier alpha value is -2.57. The van der Waals surface area contributed by atoms with E-state index >= 15 is 0 Å². The number of rotatable bonds is 3. The van der Waals surface area contributed by atoms with Crippen molar-refractivity contribution < 1.29 is 23.9 Å². The number of amides is 2. The van der Waals surface area contributed by atoms with Gasteiger partial charge in [-0.15, -0.1) is 0 Å². The molecule has 0 radical (unpaired) electrons. The monoisotopic (exact) mass is 320 g/mol. The van der Waals surface area contributed by atoms with E-state index in [0.29, 0.717) is 37.5 Å². The average molecular weight is 320 g/mol. The first-order chi connectivity index (χ1) is 11.0. The van der Waals surface area contributed by atoms with E-state index in [9.17, 15) is 14.4 Å². The summed E-state index contributed by atoms with van der Waals surface area (Å²) in [5, 5.41) is 0. The fourth-order valence-corrected chi connectivity index (χ4v) is 2.32. The molecule has 1 aliphatic heterocycles. The van der Waals surface area contributed by atoms with Crippen molar-refractivity contribution in [2.24, 2.45) is 0 Å². The van der Waals surface area contributed by atoms with E-state index in [1.165, 1.54) is 6.92 Å².